The van der Waals surface area contributed by atoms with Gasteiger partial charge in [-0.05, 0) is 42.5 Å². The monoisotopic (exact) mass is 410 g/mol. The number of halogens is 3. The summed E-state index contributed by atoms with van der Waals surface area (Å²) in [5.74, 6) is -0.788. The molecule has 24 heavy (non-hydrogen) atoms. The summed E-state index contributed by atoms with van der Waals surface area (Å²) in [6.07, 6.45) is 0. The molecule has 0 bridgehead atoms. The molecule has 0 fully saturated rings. The van der Waals surface area contributed by atoms with Crippen molar-refractivity contribution in [1.82, 2.24) is 10.2 Å². The van der Waals surface area contributed by atoms with Crippen LogP contribution in [-0.4, -0.2) is 16.2 Å². The Balaban J connectivity index is 1.67. The maximum absolute atomic E-state index is 13.0. The maximum atomic E-state index is 13.0. The first kappa shape index (κ1) is 16.6. The number of hydrogen-bond donors (Lipinski definition) is 0. The highest BCUT2D eigenvalue weighted by atomic mass is 79.9. The van der Waals surface area contributed by atoms with Crippen LogP contribution in [0.15, 0.2) is 51.4 Å². The number of nitrogens with zero attached hydrogens (tertiary/aromatic N) is 2. The minimum Gasteiger partial charge on any atom is -0.452 e. The quantitative estimate of drug-likeness (QED) is 0.585. The first-order valence-electron chi connectivity index (χ1n) is 6.73. The van der Waals surface area contributed by atoms with Gasteiger partial charge in [0.25, 0.3) is 5.89 Å². The average molecular weight is 412 g/mol. The molecule has 8 heteroatoms. The topological polar surface area (TPSA) is 65.2 Å². The highest BCUT2D eigenvalue weighted by Crippen LogP contribution is 2.22. The van der Waals surface area contributed by atoms with Crippen molar-refractivity contribution in [2.75, 3.05) is 0 Å². The molecular formula is C16H9BrClFN2O3. The van der Waals surface area contributed by atoms with Crippen LogP contribution in [0.5, 0.6) is 0 Å². The van der Waals surface area contributed by atoms with E-state index >= 15 is 0 Å². The fourth-order valence-electron chi connectivity index (χ4n) is 1.88. The number of carbonyl (C=O) groups excluding carboxylic acids is 1. The molecule has 0 atom stereocenters. The van der Waals surface area contributed by atoms with Crippen molar-refractivity contribution in [3.8, 4) is 11.5 Å². The van der Waals surface area contributed by atoms with Crippen LogP contribution in [0.1, 0.15) is 16.2 Å². The fourth-order valence-corrected chi connectivity index (χ4v) is 2.39. The highest BCUT2D eigenvalue weighted by molar-refractivity contribution is 9.10. The third kappa shape index (κ3) is 3.80. The van der Waals surface area contributed by atoms with Gasteiger partial charge in [0.2, 0.25) is 5.89 Å². The molecule has 5 nitrogen and oxygen atoms in total. The molecular weight excluding hydrogens is 403 g/mol. The molecule has 0 N–H and O–H groups in total. The van der Waals surface area contributed by atoms with Gasteiger partial charge >= 0.3 is 5.97 Å². The van der Waals surface area contributed by atoms with Gasteiger partial charge < -0.3 is 9.15 Å². The number of benzene rings is 2. The Morgan fingerprint density at radius 2 is 1.96 bits per heavy atom. The van der Waals surface area contributed by atoms with Crippen LogP contribution in [0.2, 0.25) is 5.02 Å². The summed E-state index contributed by atoms with van der Waals surface area (Å²) in [4.78, 5) is 11.9. The van der Waals surface area contributed by atoms with E-state index in [1.165, 1.54) is 6.07 Å². The number of aromatic nitrogens is 2. The lowest BCUT2D eigenvalue weighted by atomic mass is 10.2. The molecule has 0 saturated heterocycles. The Labute approximate surface area is 149 Å². The Bertz CT molecular complexity index is 883. The Morgan fingerprint density at radius 3 is 2.67 bits per heavy atom. The first-order valence-corrected chi connectivity index (χ1v) is 7.90. The average Bonchev–Trinajstić information content (AvgIpc) is 3.02. The van der Waals surface area contributed by atoms with E-state index in [2.05, 4.69) is 26.1 Å². The summed E-state index contributed by atoms with van der Waals surface area (Å²) in [7, 11) is 0. The van der Waals surface area contributed by atoms with E-state index in [-0.39, 0.29) is 23.1 Å². The molecule has 0 spiro atoms. The van der Waals surface area contributed by atoms with Crippen molar-refractivity contribution in [1.29, 1.82) is 0 Å². The van der Waals surface area contributed by atoms with Crippen LogP contribution in [-0.2, 0) is 11.3 Å². The van der Waals surface area contributed by atoms with E-state index in [0.717, 1.165) is 22.2 Å². The lowest BCUT2D eigenvalue weighted by molar-refractivity contribution is 0.0439. The SMILES string of the molecule is O=C(OCc1nnc(-c2ccc(Br)cc2)o1)c1ccc(F)cc1Cl. The standard InChI is InChI=1S/C16H9BrClFN2O3/c17-10-3-1-9(2-4-10)15-21-20-14(24-15)8-23-16(22)12-6-5-11(19)7-13(12)18/h1-7H,8H2. The zero-order valence-electron chi connectivity index (χ0n) is 12.0. The summed E-state index contributed by atoms with van der Waals surface area (Å²) in [6.45, 7) is -0.212. The van der Waals surface area contributed by atoms with Crippen LogP contribution in [0, 0.1) is 5.82 Å². The van der Waals surface area contributed by atoms with Gasteiger partial charge in [-0.15, -0.1) is 10.2 Å². The van der Waals surface area contributed by atoms with Crippen LogP contribution < -0.4 is 0 Å². The van der Waals surface area contributed by atoms with Gasteiger partial charge in [0.05, 0.1) is 10.6 Å². The van der Waals surface area contributed by atoms with Crippen molar-refractivity contribution in [3.05, 3.63) is 69.2 Å². The van der Waals surface area contributed by atoms with E-state index in [0.29, 0.717) is 5.89 Å². The second-order valence-corrected chi connectivity index (χ2v) is 6.03. The van der Waals surface area contributed by atoms with E-state index in [1.54, 1.807) is 0 Å². The third-order valence-corrected chi connectivity index (χ3v) is 3.88. The number of rotatable bonds is 4. The predicted molar refractivity (Wildman–Crippen MR) is 88.0 cm³/mol. The molecule has 1 aromatic heterocycles. The van der Waals surface area contributed by atoms with Crippen molar-refractivity contribution >= 4 is 33.5 Å². The largest absolute Gasteiger partial charge is 0.452 e. The molecule has 122 valence electrons. The number of hydrogen-bond acceptors (Lipinski definition) is 5. The second kappa shape index (κ2) is 7.11. The molecule has 0 saturated carbocycles. The Morgan fingerprint density at radius 1 is 1.21 bits per heavy atom. The smallest absolute Gasteiger partial charge is 0.340 e. The van der Waals surface area contributed by atoms with E-state index < -0.39 is 11.8 Å². The van der Waals surface area contributed by atoms with Gasteiger partial charge in [0.1, 0.15) is 5.82 Å². The number of esters is 1. The summed E-state index contributed by atoms with van der Waals surface area (Å²) in [5, 5.41) is 7.69. The molecule has 3 rings (SSSR count). The van der Waals surface area contributed by atoms with Crippen molar-refractivity contribution in [2.24, 2.45) is 0 Å². The minimum absolute atomic E-state index is 0.0268. The van der Waals surface area contributed by atoms with E-state index in [1.807, 2.05) is 24.3 Å². The van der Waals surface area contributed by atoms with Crippen LogP contribution >= 0.6 is 27.5 Å². The molecule has 0 radical (unpaired) electrons. The summed E-state index contributed by atoms with van der Waals surface area (Å²) in [5.41, 5.74) is 0.801. The Kier molecular flexibility index (Phi) is 4.92. The third-order valence-electron chi connectivity index (χ3n) is 3.04. The normalized spacial score (nSPS) is 10.6. The van der Waals surface area contributed by atoms with Crippen LogP contribution in [0.25, 0.3) is 11.5 Å². The molecule has 0 aliphatic rings. The zero-order chi connectivity index (χ0) is 17.1. The van der Waals surface area contributed by atoms with E-state index in [9.17, 15) is 9.18 Å². The molecule has 2 aromatic carbocycles. The molecule has 1 heterocycles. The van der Waals surface area contributed by atoms with Crippen molar-refractivity contribution < 1.29 is 18.3 Å². The van der Waals surface area contributed by atoms with Crippen molar-refractivity contribution in [2.45, 2.75) is 6.61 Å². The molecule has 0 aliphatic heterocycles. The summed E-state index contributed by atoms with van der Waals surface area (Å²) in [6, 6.07) is 10.7. The van der Waals surface area contributed by atoms with Gasteiger partial charge in [-0.3, -0.25) is 0 Å². The second-order valence-electron chi connectivity index (χ2n) is 4.71. The Hall–Kier alpha value is -2.25. The fraction of sp³-hybridized carbons (Fsp3) is 0.0625. The van der Waals surface area contributed by atoms with Gasteiger partial charge in [0.15, 0.2) is 6.61 Å². The lowest BCUT2D eigenvalue weighted by Gasteiger charge is -2.04. The molecule has 0 unspecified atom stereocenters. The van der Waals surface area contributed by atoms with Crippen LogP contribution in [0.3, 0.4) is 0 Å². The van der Waals surface area contributed by atoms with Gasteiger partial charge in [-0.25, -0.2) is 9.18 Å². The lowest BCUT2D eigenvalue weighted by Crippen LogP contribution is -2.06. The maximum Gasteiger partial charge on any atom is 0.340 e. The van der Waals surface area contributed by atoms with Gasteiger partial charge in [0, 0.05) is 10.0 Å². The summed E-state index contributed by atoms with van der Waals surface area (Å²) < 4.78 is 24.4. The van der Waals surface area contributed by atoms with Gasteiger partial charge in [-0.2, -0.15) is 0 Å². The zero-order valence-corrected chi connectivity index (χ0v) is 14.3. The highest BCUT2D eigenvalue weighted by Gasteiger charge is 2.15. The first-order chi connectivity index (χ1) is 11.5. The number of carbonyl (C=O) groups is 1. The molecule has 0 aliphatic carbocycles. The van der Waals surface area contributed by atoms with Gasteiger partial charge in [-0.1, -0.05) is 27.5 Å². The predicted octanol–water partition coefficient (Wildman–Crippen LogP) is 4.65. The minimum atomic E-state index is -0.705. The molecule has 3 aromatic rings. The summed E-state index contributed by atoms with van der Waals surface area (Å²) >= 11 is 9.15. The number of ether oxygens (including phenoxy) is 1. The van der Waals surface area contributed by atoms with Crippen LogP contribution in [0.4, 0.5) is 4.39 Å². The van der Waals surface area contributed by atoms with E-state index in [4.69, 9.17) is 20.8 Å². The molecule has 0 amide bonds. The van der Waals surface area contributed by atoms with Crippen molar-refractivity contribution in [3.63, 3.8) is 0 Å².